The van der Waals surface area contributed by atoms with E-state index in [0.29, 0.717) is 6.61 Å². The summed E-state index contributed by atoms with van der Waals surface area (Å²) >= 11 is 5.15. The van der Waals surface area contributed by atoms with Crippen LogP contribution in [0.4, 0.5) is 0 Å². The second-order valence-corrected chi connectivity index (χ2v) is 3.70. The van der Waals surface area contributed by atoms with E-state index in [1.54, 1.807) is 0 Å². The SMILES string of the molecule is O=[PH](Cl)OCc1ccccc1. The molecule has 1 unspecified atom stereocenters. The van der Waals surface area contributed by atoms with Gasteiger partial charge in [-0.05, 0) is 16.8 Å². The highest BCUT2D eigenvalue weighted by Gasteiger charge is 1.93. The zero-order valence-electron chi connectivity index (χ0n) is 5.79. The van der Waals surface area contributed by atoms with Crippen LogP contribution in [0.3, 0.4) is 0 Å². The molecule has 0 spiro atoms. The van der Waals surface area contributed by atoms with Crippen LogP contribution in [-0.2, 0) is 15.7 Å². The first kappa shape index (κ1) is 8.79. The third-order valence-corrected chi connectivity index (χ3v) is 1.89. The van der Waals surface area contributed by atoms with Crippen molar-refractivity contribution in [3.63, 3.8) is 0 Å². The normalized spacial score (nSPS) is 12.8. The lowest BCUT2D eigenvalue weighted by atomic mass is 10.2. The molecule has 0 bridgehead atoms. The van der Waals surface area contributed by atoms with Crippen molar-refractivity contribution < 1.29 is 9.09 Å². The fourth-order valence-corrected chi connectivity index (χ4v) is 1.16. The second kappa shape index (κ2) is 4.55. The Kier molecular flexibility index (Phi) is 3.64. The van der Waals surface area contributed by atoms with Gasteiger partial charge in [-0.15, -0.1) is 0 Å². The largest absolute Gasteiger partial charge is 0.315 e. The van der Waals surface area contributed by atoms with Crippen molar-refractivity contribution in [2.75, 3.05) is 0 Å². The van der Waals surface area contributed by atoms with Crippen molar-refractivity contribution in [1.82, 2.24) is 0 Å². The van der Waals surface area contributed by atoms with Crippen LogP contribution in [0, 0.1) is 0 Å². The molecule has 2 nitrogen and oxygen atoms in total. The number of benzene rings is 1. The molecule has 0 heterocycles. The van der Waals surface area contributed by atoms with E-state index in [-0.39, 0.29) is 0 Å². The zero-order chi connectivity index (χ0) is 8.10. The van der Waals surface area contributed by atoms with Crippen LogP contribution in [-0.4, -0.2) is 0 Å². The Hall–Kier alpha value is -0.300. The van der Waals surface area contributed by atoms with Gasteiger partial charge in [0.05, 0.1) is 6.61 Å². The van der Waals surface area contributed by atoms with Gasteiger partial charge in [0.2, 0.25) is 0 Å². The monoisotopic (exact) mass is 190 g/mol. The highest BCUT2D eigenvalue weighted by molar-refractivity contribution is 7.69. The Bertz CT molecular complexity index is 237. The summed E-state index contributed by atoms with van der Waals surface area (Å²) in [6, 6.07) is 9.48. The van der Waals surface area contributed by atoms with Gasteiger partial charge in [-0.3, -0.25) is 4.57 Å². The smallest absolute Gasteiger partial charge is 0.279 e. The molecular weight excluding hydrogens is 183 g/mol. The third kappa shape index (κ3) is 3.57. The van der Waals surface area contributed by atoms with Gasteiger partial charge in [-0.1, -0.05) is 30.3 Å². The van der Waals surface area contributed by atoms with Crippen molar-refractivity contribution in [3.05, 3.63) is 35.9 Å². The first-order valence-electron chi connectivity index (χ1n) is 3.15. The van der Waals surface area contributed by atoms with Crippen molar-refractivity contribution >= 4 is 18.6 Å². The van der Waals surface area contributed by atoms with Crippen molar-refractivity contribution in [3.8, 4) is 0 Å². The van der Waals surface area contributed by atoms with Gasteiger partial charge < -0.3 is 4.52 Å². The maximum atomic E-state index is 10.3. The van der Waals surface area contributed by atoms with Crippen molar-refractivity contribution in [1.29, 1.82) is 0 Å². The van der Waals surface area contributed by atoms with E-state index in [1.165, 1.54) is 0 Å². The average molecular weight is 191 g/mol. The highest BCUT2D eigenvalue weighted by atomic mass is 35.7. The van der Waals surface area contributed by atoms with Crippen molar-refractivity contribution in [2.45, 2.75) is 6.61 Å². The summed E-state index contributed by atoms with van der Waals surface area (Å²) in [5.74, 6) is 0. The summed E-state index contributed by atoms with van der Waals surface area (Å²) in [5, 5.41) is 0. The van der Waals surface area contributed by atoms with E-state index >= 15 is 0 Å². The van der Waals surface area contributed by atoms with E-state index in [0.717, 1.165) is 5.56 Å². The Morgan fingerprint density at radius 3 is 2.55 bits per heavy atom. The lowest BCUT2D eigenvalue weighted by Crippen LogP contribution is -1.82. The minimum atomic E-state index is -2.31. The summed E-state index contributed by atoms with van der Waals surface area (Å²) in [6.45, 7) is 0.322. The summed E-state index contributed by atoms with van der Waals surface area (Å²) in [7, 11) is -2.31. The predicted octanol–water partition coefficient (Wildman–Crippen LogP) is 2.83. The first-order chi connectivity index (χ1) is 5.29. The fraction of sp³-hybridized carbons (Fsp3) is 0.143. The van der Waals surface area contributed by atoms with Crippen LogP contribution in [0.15, 0.2) is 30.3 Å². The molecule has 0 aromatic heterocycles. The van der Waals surface area contributed by atoms with Gasteiger partial charge in [0, 0.05) is 0 Å². The molecule has 1 aromatic rings. The number of halogens is 1. The Labute approximate surface area is 70.8 Å². The summed E-state index contributed by atoms with van der Waals surface area (Å²) in [6.07, 6.45) is 0. The minimum absolute atomic E-state index is 0.322. The molecule has 1 rings (SSSR count). The summed E-state index contributed by atoms with van der Waals surface area (Å²) in [4.78, 5) is 0. The van der Waals surface area contributed by atoms with E-state index in [1.807, 2.05) is 30.3 Å². The molecule has 0 aliphatic rings. The molecule has 60 valence electrons. The third-order valence-electron chi connectivity index (χ3n) is 1.20. The molecule has 0 fully saturated rings. The van der Waals surface area contributed by atoms with E-state index < -0.39 is 7.38 Å². The van der Waals surface area contributed by atoms with Crippen LogP contribution in [0.5, 0.6) is 0 Å². The van der Waals surface area contributed by atoms with Gasteiger partial charge in [-0.25, -0.2) is 0 Å². The van der Waals surface area contributed by atoms with Gasteiger partial charge in [0.25, 0.3) is 7.38 Å². The van der Waals surface area contributed by atoms with E-state index in [9.17, 15) is 4.57 Å². The second-order valence-electron chi connectivity index (χ2n) is 2.01. The first-order valence-corrected chi connectivity index (χ1v) is 5.48. The number of rotatable bonds is 3. The van der Waals surface area contributed by atoms with Crippen LogP contribution in [0.2, 0.25) is 0 Å². The highest BCUT2D eigenvalue weighted by Crippen LogP contribution is 2.28. The molecule has 0 saturated carbocycles. The van der Waals surface area contributed by atoms with Gasteiger partial charge in [0.1, 0.15) is 0 Å². The Morgan fingerprint density at radius 1 is 1.36 bits per heavy atom. The van der Waals surface area contributed by atoms with Crippen LogP contribution in [0.1, 0.15) is 5.56 Å². The lowest BCUT2D eigenvalue weighted by Gasteiger charge is -1.97. The molecule has 0 amide bonds. The summed E-state index contributed by atoms with van der Waals surface area (Å²) in [5.41, 5.74) is 0.978. The van der Waals surface area contributed by atoms with Gasteiger partial charge >= 0.3 is 0 Å². The number of hydrogen-bond donors (Lipinski definition) is 0. The van der Waals surface area contributed by atoms with Crippen LogP contribution < -0.4 is 0 Å². The molecule has 1 atom stereocenters. The molecule has 11 heavy (non-hydrogen) atoms. The predicted molar refractivity (Wildman–Crippen MR) is 46.1 cm³/mol. The topological polar surface area (TPSA) is 26.3 Å². The molecule has 0 saturated heterocycles. The lowest BCUT2D eigenvalue weighted by molar-refractivity contribution is 0.328. The average Bonchev–Trinajstić information content (AvgIpc) is 2.03. The number of hydrogen-bond acceptors (Lipinski definition) is 2. The van der Waals surface area contributed by atoms with Crippen molar-refractivity contribution in [2.24, 2.45) is 0 Å². The quantitative estimate of drug-likeness (QED) is 0.685. The minimum Gasteiger partial charge on any atom is -0.315 e. The Morgan fingerprint density at radius 2 is 2.00 bits per heavy atom. The fourth-order valence-electron chi connectivity index (χ4n) is 0.714. The van der Waals surface area contributed by atoms with E-state index in [4.69, 9.17) is 15.8 Å². The maximum absolute atomic E-state index is 10.3. The van der Waals surface area contributed by atoms with Gasteiger partial charge in [0.15, 0.2) is 0 Å². The molecule has 1 aromatic carbocycles. The zero-order valence-corrected chi connectivity index (χ0v) is 7.54. The maximum Gasteiger partial charge on any atom is 0.279 e. The molecule has 4 heteroatoms. The molecular formula is C7H8ClO2P. The molecule has 0 N–H and O–H groups in total. The van der Waals surface area contributed by atoms with Crippen LogP contribution >= 0.6 is 18.6 Å². The molecule has 0 aliphatic heterocycles. The summed E-state index contributed by atoms with van der Waals surface area (Å²) < 4.78 is 15.1. The Balaban J connectivity index is 2.45. The van der Waals surface area contributed by atoms with E-state index in [2.05, 4.69) is 0 Å². The standard InChI is InChI=1S/C7H8ClO2P/c8-11(9)10-6-7-4-2-1-3-5-7/h1-5,11H,6H2. The molecule has 0 radical (unpaired) electrons. The van der Waals surface area contributed by atoms with Gasteiger partial charge in [-0.2, -0.15) is 0 Å². The van der Waals surface area contributed by atoms with Crippen LogP contribution in [0.25, 0.3) is 0 Å². The molecule has 0 aliphatic carbocycles.